The average Bonchev–Trinajstić information content (AvgIpc) is 2.97. The zero-order chi connectivity index (χ0) is 16.2. The van der Waals surface area contributed by atoms with Gasteiger partial charge in [0, 0.05) is 24.2 Å². The lowest BCUT2D eigenvalue weighted by atomic mass is 9.86. The molecule has 1 aliphatic heterocycles. The van der Waals surface area contributed by atoms with E-state index in [1.807, 2.05) is 24.3 Å². The van der Waals surface area contributed by atoms with Crippen molar-refractivity contribution in [3.63, 3.8) is 0 Å². The normalized spacial score (nSPS) is 14.6. The van der Waals surface area contributed by atoms with Crippen LogP contribution in [0.1, 0.15) is 49.5 Å². The Morgan fingerprint density at radius 2 is 1.86 bits per heavy atom. The summed E-state index contributed by atoms with van der Waals surface area (Å²) in [6, 6.07) is 7.66. The number of amides is 1. The van der Waals surface area contributed by atoms with Crippen LogP contribution < -0.4 is 5.32 Å². The third-order valence-electron chi connectivity index (χ3n) is 3.48. The molecule has 5 heteroatoms. The second-order valence-corrected chi connectivity index (χ2v) is 7.42. The van der Waals surface area contributed by atoms with E-state index in [1.165, 1.54) is 17.3 Å². The summed E-state index contributed by atoms with van der Waals surface area (Å²) in [4.78, 5) is 28.1. The van der Waals surface area contributed by atoms with Gasteiger partial charge in [0.05, 0.1) is 6.54 Å². The molecule has 4 nitrogen and oxygen atoms in total. The van der Waals surface area contributed by atoms with Gasteiger partial charge in [0.1, 0.15) is 0 Å². The highest BCUT2D eigenvalue weighted by molar-refractivity contribution is 8.14. The zero-order valence-electron chi connectivity index (χ0n) is 13.3. The van der Waals surface area contributed by atoms with Crippen LogP contribution in [0.2, 0.25) is 0 Å². The number of amidine groups is 1. The Balaban J connectivity index is 1.85. The molecule has 1 heterocycles. The molecule has 2 rings (SSSR count). The molecule has 0 aromatic heterocycles. The minimum atomic E-state index is -0.146. The van der Waals surface area contributed by atoms with Gasteiger partial charge in [-0.1, -0.05) is 56.8 Å². The fourth-order valence-electron chi connectivity index (χ4n) is 2.12. The lowest BCUT2D eigenvalue weighted by Crippen LogP contribution is -2.27. The lowest BCUT2D eigenvalue weighted by Gasteiger charge is -2.18. The van der Waals surface area contributed by atoms with Crippen molar-refractivity contribution in [2.45, 2.75) is 39.0 Å². The fraction of sp³-hybridized carbons (Fsp3) is 0.471. The number of benzene rings is 1. The number of aliphatic imine (C=N–C) groups is 1. The van der Waals surface area contributed by atoms with Crippen LogP contribution in [-0.4, -0.2) is 29.2 Å². The molecule has 1 aromatic carbocycles. The van der Waals surface area contributed by atoms with Crippen LogP contribution in [0.3, 0.4) is 0 Å². The van der Waals surface area contributed by atoms with Gasteiger partial charge in [0.2, 0.25) is 5.91 Å². The molecule has 22 heavy (non-hydrogen) atoms. The van der Waals surface area contributed by atoms with Crippen LogP contribution in [0.15, 0.2) is 29.3 Å². The summed E-state index contributed by atoms with van der Waals surface area (Å²) in [5.74, 6) is 0.763. The van der Waals surface area contributed by atoms with Crippen LogP contribution in [0.5, 0.6) is 0 Å². The van der Waals surface area contributed by atoms with Crippen LogP contribution in [0, 0.1) is 0 Å². The van der Waals surface area contributed by atoms with Gasteiger partial charge in [-0.05, 0) is 11.0 Å². The number of hydrogen-bond donors (Lipinski definition) is 1. The Hall–Kier alpha value is -1.62. The first kappa shape index (κ1) is 16.7. The number of nitrogens with one attached hydrogen (secondary N) is 1. The Bertz CT molecular complexity index is 586. The summed E-state index contributed by atoms with van der Waals surface area (Å²) >= 11 is 1.54. The molecule has 118 valence electrons. The maximum atomic E-state index is 12.1. The predicted molar refractivity (Wildman–Crippen MR) is 91.6 cm³/mol. The molecule has 0 unspecified atom stereocenters. The number of carbonyl (C=O) groups is 2. The Kier molecular flexibility index (Phi) is 5.40. The van der Waals surface area contributed by atoms with Crippen molar-refractivity contribution in [1.82, 2.24) is 5.32 Å². The summed E-state index contributed by atoms with van der Waals surface area (Å²) < 4.78 is 0. The molecule has 1 aromatic rings. The highest BCUT2D eigenvalue weighted by Crippen LogP contribution is 2.22. The van der Waals surface area contributed by atoms with Crippen molar-refractivity contribution < 1.29 is 9.59 Å². The topological polar surface area (TPSA) is 58.5 Å². The molecule has 0 saturated heterocycles. The van der Waals surface area contributed by atoms with Gasteiger partial charge in [0.25, 0.3) is 0 Å². The SMILES string of the molecule is CC(C)(C)c1ccc(C(=O)CCC(=O)NC2=NCCS2)cc1. The number of Topliss-reactive ketones (excluding diaryl/α,β-unsaturated/α-hetero) is 1. The molecule has 1 N–H and O–H groups in total. The standard InChI is InChI=1S/C17H22N2O2S/c1-17(2,3)13-6-4-12(5-7-13)14(20)8-9-15(21)19-16-18-10-11-22-16/h4-7H,8-11H2,1-3H3,(H,18,19,21). The molecule has 0 atom stereocenters. The molecule has 0 radical (unpaired) electrons. The molecule has 0 fully saturated rings. The molecule has 0 aliphatic carbocycles. The van der Waals surface area contributed by atoms with Crippen molar-refractivity contribution in [3.8, 4) is 0 Å². The molecular weight excluding hydrogens is 296 g/mol. The summed E-state index contributed by atoms with van der Waals surface area (Å²) in [7, 11) is 0. The number of ketones is 1. The van der Waals surface area contributed by atoms with Gasteiger partial charge < -0.3 is 5.32 Å². The van der Waals surface area contributed by atoms with Crippen molar-refractivity contribution in [2.75, 3.05) is 12.3 Å². The van der Waals surface area contributed by atoms with Gasteiger partial charge in [-0.2, -0.15) is 0 Å². The van der Waals surface area contributed by atoms with E-state index >= 15 is 0 Å². The fourth-order valence-corrected chi connectivity index (χ4v) is 2.86. The van der Waals surface area contributed by atoms with E-state index in [4.69, 9.17) is 0 Å². The summed E-state index contributed by atoms with van der Waals surface area (Å²) in [5, 5.41) is 3.41. The second-order valence-electron chi connectivity index (χ2n) is 6.33. The van der Waals surface area contributed by atoms with Crippen molar-refractivity contribution in [3.05, 3.63) is 35.4 Å². The first-order valence-corrected chi connectivity index (χ1v) is 8.45. The minimum Gasteiger partial charge on any atom is -0.305 e. The highest BCUT2D eigenvalue weighted by atomic mass is 32.2. The maximum absolute atomic E-state index is 12.1. The summed E-state index contributed by atoms with van der Waals surface area (Å²) in [6.45, 7) is 7.16. The van der Waals surface area contributed by atoms with E-state index in [1.54, 1.807) is 0 Å². The van der Waals surface area contributed by atoms with E-state index in [0.29, 0.717) is 10.7 Å². The number of rotatable bonds is 4. The maximum Gasteiger partial charge on any atom is 0.226 e. The predicted octanol–water partition coefficient (Wildman–Crippen LogP) is 3.17. The lowest BCUT2D eigenvalue weighted by molar-refractivity contribution is -0.119. The second kappa shape index (κ2) is 7.09. The summed E-state index contributed by atoms with van der Waals surface area (Å²) in [6.07, 6.45) is 0.415. The third kappa shape index (κ3) is 4.70. The minimum absolute atomic E-state index is 0.00313. The smallest absolute Gasteiger partial charge is 0.226 e. The Labute approximate surface area is 135 Å². The number of carbonyl (C=O) groups excluding carboxylic acids is 2. The Morgan fingerprint density at radius 3 is 2.41 bits per heavy atom. The van der Waals surface area contributed by atoms with Gasteiger partial charge >= 0.3 is 0 Å². The van der Waals surface area contributed by atoms with E-state index < -0.39 is 0 Å². The van der Waals surface area contributed by atoms with Crippen LogP contribution in [0.25, 0.3) is 0 Å². The average molecular weight is 318 g/mol. The number of nitrogens with zero attached hydrogens (tertiary/aromatic N) is 1. The summed E-state index contributed by atoms with van der Waals surface area (Å²) in [5.41, 5.74) is 1.92. The third-order valence-corrected chi connectivity index (χ3v) is 4.38. The number of hydrogen-bond acceptors (Lipinski definition) is 4. The molecule has 0 bridgehead atoms. The molecule has 0 spiro atoms. The Morgan fingerprint density at radius 1 is 1.18 bits per heavy atom. The van der Waals surface area contributed by atoms with Crippen molar-refractivity contribution in [2.24, 2.45) is 4.99 Å². The molecule has 1 aliphatic rings. The zero-order valence-corrected chi connectivity index (χ0v) is 14.1. The molecular formula is C17H22N2O2S. The van der Waals surface area contributed by atoms with Gasteiger partial charge in [0.15, 0.2) is 11.0 Å². The van der Waals surface area contributed by atoms with Crippen molar-refractivity contribution in [1.29, 1.82) is 0 Å². The van der Waals surface area contributed by atoms with Gasteiger partial charge in [-0.15, -0.1) is 0 Å². The largest absolute Gasteiger partial charge is 0.305 e. The molecule has 1 amide bonds. The quantitative estimate of drug-likeness (QED) is 0.868. The van der Waals surface area contributed by atoms with E-state index in [0.717, 1.165) is 12.3 Å². The van der Waals surface area contributed by atoms with Gasteiger partial charge in [-0.3, -0.25) is 14.6 Å². The van der Waals surface area contributed by atoms with Crippen LogP contribution >= 0.6 is 11.8 Å². The molecule has 0 saturated carbocycles. The number of thioether (sulfide) groups is 1. The van der Waals surface area contributed by atoms with E-state index in [-0.39, 0.29) is 29.9 Å². The van der Waals surface area contributed by atoms with Crippen LogP contribution in [0.4, 0.5) is 0 Å². The first-order valence-electron chi connectivity index (χ1n) is 7.47. The highest BCUT2D eigenvalue weighted by Gasteiger charge is 2.16. The monoisotopic (exact) mass is 318 g/mol. The van der Waals surface area contributed by atoms with E-state index in [9.17, 15) is 9.59 Å². The first-order chi connectivity index (χ1) is 10.4. The van der Waals surface area contributed by atoms with Gasteiger partial charge in [-0.25, -0.2) is 0 Å². The van der Waals surface area contributed by atoms with E-state index in [2.05, 4.69) is 31.1 Å². The van der Waals surface area contributed by atoms with Crippen molar-refractivity contribution >= 4 is 28.6 Å². The van der Waals surface area contributed by atoms with Crippen LogP contribution in [-0.2, 0) is 10.2 Å².